The summed E-state index contributed by atoms with van der Waals surface area (Å²) in [5, 5.41) is 4.10. The van der Waals surface area contributed by atoms with E-state index < -0.39 is 0 Å². The lowest BCUT2D eigenvalue weighted by molar-refractivity contribution is -0.116. The number of nitrogens with one attached hydrogen (secondary N) is 1. The monoisotopic (exact) mass is 453 g/mol. The average Bonchev–Trinajstić information content (AvgIpc) is 3.22. The Hall–Kier alpha value is -3.79. The van der Waals surface area contributed by atoms with Crippen molar-refractivity contribution in [1.82, 2.24) is 5.32 Å². The number of ether oxygens (including phenoxy) is 1. The standard InChI is InChI=1S/C30H31NO3/c1-4-33-28-19-29-27(22(3)20-34-29)18-26(28)21(2)17-30(32)31-16-15-25(23-11-7-5-8-12-23)24-13-9-6-10-14-24/h5-14,17-20,25H,4,15-16H2,1-3H3,(H,31,32)/b21-17+. The molecule has 4 rings (SSSR count). The molecule has 0 unspecified atom stereocenters. The smallest absolute Gasteiger partial charge is 0.244 e. The molecule has 1 aromatic heterocycles. The number of furan rings is 1. The predicted octanol–water partition coefficient (Wildman–Crippen LogP) is 6.88. The Morgan fingerprint density at radius 1 is 1.03 bits per heavy atom. The largest absolute Gasteiger partial charge is 0.493 e. The third kappa shape index (κ3) is 5.40. The summed E-state index contributed by atoms with van der Waals surface area (Å²) >= 11 is 0. The van der Waals surface area contributed by atoms with Gasteiger partial charge in [-0.2, -0.15) is 0 Å². The van der Waals surface area contributed by atoms with Crippen LogP contribution in [-0.2, 0) is 4.79 Å². The van der Waals surface area contributed by atoms with Crippen LogP contribution in [0.2, 0.25) is 0 Å². The van der Waals surface area contributed by atoms with Crippen LogP contribution in [0.4, 0.5) is 0 Å². The van der Waals surface area contributed by atoms with Gasteiger partial charge in [0.2, 0.25) is 5.91 Å². The van der Waals surface area contributed by atoms with Crippen LogP contribution in [0.25, 0.3) is 16.5 Å². The summed E-state index contributed by atoms with van der Waals surface area (Å²) < 4.78 is 11.5. The van der Waals surface area contributed by atoms with Crippen molar-refractivity contribution in [3.63, 3.8) is 0 Å². The average molecular weight is 454 g/mol. The molecule has 4 heteroatoms. The number of amides is 1. The first-order chi connectivity index (χ1) is 16.6. The van der Waals surface area contributed by atoms with Gasteiger partial charge in [-0.1, -0.05) is 60.7 Å². The minimum atomic E-state index is -0.108. The van der Waals surface area contributed by atoms with E-state index in [1.165, 1.54) is 11.1 Å². The van der Waals surface area contributed by atoms with E-state index >= 15 is 0 Å². The molecule has 4 nitrogen and oxygen atoms in total. The van der Waals surface area contributed by atoms with Crippen LogP contribution in [0.5, 0.6) is 5.75 Å². The van der Waals surface area contributed by atoms with Crippen molar-refractivity contribution < 1.29 is 13.9 Å². The van der Waals surface area contributed by atoms with Gasteiger partial charge in [0.05, 0.1) is 12.9 Å². The van der Waals surface area contributed by atoms with Crippen molar-refractivity contribution in [2.24, 2.45) is 0 Å². The second-order valence-electron chi connectivity index (χ2n) is 8.48. The third-order valence-corrected chi connectivity index (χ3v) is 6.08. The molecule has 1 N–H and O–H groups in total. The second-order valence-corrected chi connectivity index (χ2v) is 8.48. The van der Waals surface area contributed by atoms with E-state index in [0.717, 1.165) is 39.8 Å². The number of allylic oxidation sites excluding steroid dienone is 1. The first kappa shape index (κ1) is 23.4. The molecular formula is C30H31NO3. The molecule has 0 aliphatic carbocycles. The number of carbonyl (C=O) groups excluding carboxylic acids is 1. The molecule has 0 atom stereocenters. The fourth-order valence-electron chi connectivity index (χ4n) is 4.33. The zero-order valence-corrected chi connectivity index (χ0v) is 20.0. The first-order valence-electron chi connectivity index (χ1n) is 11.8. The van der Waals surface area contributed by atoms with Gasteiger partial charge in [-0.15, -0.1) is 0 Å². The summed E-state index contributed by atoms with van der Waals surface area (Å²) in [6, 6.07) is 24.8. The van der Waals surface area contributed by atoms with Gasteiger partial charge in [-0.25, -0.2) is 0 Å². The number of fused-ring (bicyclic) bond motifs is 1. The maximum absolute atomic E-state index is 12.8. The van der Waals surface area contributed by atoms with Crippen LogP contribution in [0.15, 0.2) is 89.6 Å². The summed E-state index contributed by atoms with van der Waals surface area (Å²) in [5.41, 5.74) is 6.10. The summed E-state index contributed by atoms with van der Waals surface area (Å²) in [6.07, 6.45) is 4.21. The maximum Gasteiger partial charge on any atom is 0.244 e. The number of hydrogen-bond acceptors (Lipinski definition) is 3. The summed E-state index contributed by atoms with van der Waals surface area (Å²) in [7, 11) is 0. The van der Waals surface area contributed by atoms with Crippen molar-refractivity contribution in [2.75, 3.05) is 13.2 Å². The first-order valence-corrected chi connectivity index (χ1v) is 11.8. The van der Waals surface area contributed by atoms with Gasteiger partial charge in [0.25, 0.3) is 0 Å². The van der Waals surface area contributed by atoms with E-state index in [4.69, 9.17) is 9.15 Å². The molecule has 0 aliphatic heterocycles. The van der Waals surface area contributed by atoms with Crippen molar-refractivity contribution >= 4 is 22.4 Å². The van der Waals surface area contributed by atoms with Crippen molar-refractivity contribution in [3.8, 4) is 5.75 Å². The zero-order chi connectivity index (χ0) is 23.9. The fourth-order valence-corrected chi connectivity index (χ4v) is 4.33. The Morgan fingerprint density at radius 3 is 2.29 bits per heavy atom. The highest BCUT2D eigenvalue weighted by molar-refractivity contribution is 5.97. The molecule has 0 aliphatic rings. The number of carbonyl (C=O) groups is 1. The lowest BCUT2D eigenvalue weighted by Gasteiger charge is -2.18. The van der Waals surface area contributed by atoms with Crippen LogP contribution in [0.3, 0.4) is 0 Å². The van der Waals surface area contributed by atoms with E-state index in [1.807, 2.05) is 45.0 Å². The van der Waals surface area contributed by atoms with Gasteiger partial charge in [0.1, 0.15) is 11.3 Å². The summed E-state index contributed by atoms with van der Waals surface area (Å²) in [6.45, 7) is 7.02. The normalized spacial score (nSPS) is 11.7. The molecule has 174 valence electrons. The minimum absolute atomic E-state index is 0.108. The molecule has 4 aromatic rings. The molecule has 0 saturated heterocycles. The Labute approximate surface area is 201 Å². The molecule has 0 saturated carbocycles. The van der Waals surface area contributed by atoms with Crippen molar-refractivity contribution in [3.05, 3.63) is 107 Å². The summed E-state index contributed by atoms with van der Waals surface area (Å²) in [5.74, 6) is 0.840. The van der Waals surface area contributed by atoms with E-state index in [-0.39, 0.29) is 11.8 Å². The van der Waals surface area contributed by atoms with Crippen LogP contribution in [0.1, 0.15) is 48.4 Å². The molecule has 3 aromatic carbocycles. The molecule has 1 amide bonds. The van der Waals surface area contributed by atoms with Crippen molar-refractivity contribution in [2.45, 2.75) is 33.1 Å². The van der Waals surface area contributed by atoms with E-state index in [9.17, 15) is 4.79 Å². The highest BCUT2D eigenvalue weighted by Crippen LogP contribution is 2.33. The highest BCUT2D eigenvalue weighted by Gasteiger charge is 2.15. The molecule has 0 bridgehead atoms. The van der Waals surface area contributed by atoms with Crippen LogP contribution < -0.4 is 10.1 Å². The van der Waals surface area contributed by atoms with Gasteiger partial charge < -0.3 is 14.5 Å². The fraction of sp³-hybridized carbons (Fsp3) is 0.233. The Balaban J connectivity index is 1.48. The lowest BCUT2D eigenvalue weighted by Crippen LogP contribution is -2.24. The molecule has 0 fully saturated rings. The van der Waals surface area contributed by atoms with Gasteiger partial charge in [-0.05, 0) is 55.5 Å². The predicted molar refractivity (Wildman–Crippen MR) is 138 cm³/mol. The highest BCUT2D eigenvalue weighted by atomic mass is 16.5. The molecule has 1 heterocycles. The minimum Gasteiger partial charge on any atom is -0.493 e. The molecule has 34 heavy (non-hydrogen) atoms. The Bertz CT molecular complexity index is 1230. The quantitative estimate of drug-likeness (QED) is 0.281. The van der Waals surface area contributed by atoms with E-state index in [0.29, 0.717) is 13.2 Å². The second kappa shape index (κ2) is 10.9. The maximum atomic E-state index is 12.8. The topological polar surface area (TPSA) is 51.5 Å². The van der Waals surface area contributed by atoms with Crippen LogP contribution >= 0.6 is 0 Å². The third-order valence-electron chi connectivity index (χ3n) is 6.08. The van der Waals surface area contributed by atoms with Gasteiger partial charge in [-0.3, -0.25) is 4.79 Å². The number of hydrogen-bond donors (Lipinski definition) is 1. The molecule has 0 spiro atoms. The summed E-state index contributed by atoms with van der Waals surface area (Å²) in [4.78, 5) is 12.8. The van der Waals surface area contributed by atoms with Gasteiger partial charge >= 0.3 is 0 Å². The van der Waals surface area contributed by atoms with Crippen LogP contribution in [-0.4, -0.2) is 19.1 Å². The van der Waals surface area contributed by atoms with Crippen molar-refractivity contribution in [1.29, 1.82) is 0 Å². The Kier molecular flexibility index (Phi) is 7.48. The molecular weight excluding hydrogens is 422 g/mol. The number of rotatable bonds is 9. The van der Waals surface area contributed by atoms with Gasteiger partial charge in [0, 0.05) is 35.6 Å². The van der Waals surface area contributed by atoms with Crippen LogP contribution in [0, 0.1) is 6.92 Å². The van der Waals surface area contributed by atoms with Gasteiger partial charge in [0.15, 0.2) is 0 Å². The number of aryl methyl sites for hydroxylation is 1. The lowest BCUT2D eigenvalue weighted by atomic mass is 9.88. The van der Waals surface area contributed by atoms with E-state index in [2.05, 4.69) is 53.8 Å². The SMILES string of the molecule is CCOc1cc2occ(C)c2cc1/C(C)=C/C(=O)NCCC(c1ccccc1)c1ccccc1. The van der Waals surface area contributed by atoms with E-state index in [1.54, 1.807) is 12.3 Å². The Morgan fingerprint density at radius 2 is 1.68 bits per heavy atom. The number of benzene rings is 3. The zero-order valence-electron chi connectivity index (χ0n) is 20.0. The molecule has 0 radical (unpaired) electrons.